The fourth-order valence-electron chi connectivity index (χ4n) is 5.63. The summed E-state index contributed by atoms with van der Waals surface area (Å²) in [7, 11) is 0. The van der Waals surface area contributed by atoms with Crippen molar-refractivity contribution in [1.29, 1.82) is 0 Å². The van der Waals surface area contributed by atoms with Crippen molar-refractivity contribution in [2.75, 3.05) is 0 Å². The van der Waals surface area contributed by atoms with Gasteiger partial charge >= 0.3 is 0 Å². The Bertz CT molecular complexity index is 2260. The number of pyridine rings is 1. The van der Waals surface area contributed by atoms with Gasteiger partial charge in [0, 0.05) is 34.6 Å². The van der Waals surface area contributed by atoms with Crippen molar-refractivity contribution in [3.05, 3.63) is 174 Å². The Kier molecular flexibility index (Phi) is 8.39. The van der Waals surface area contributed by atoms with Gasteiger partial charge in [-0.2, -0.15) is 0 Å². The lowest BCUT2D eigenvalue weighted by atomic mass is 9.94. The molecule has 47 heavy (non-hydrogen) atoms. The molecule has 7 rings (SSSR count). The van der Waals surface area contributed by atoms with Gasteiger partial charge < -0.3 is 0 Å². The first-order chi connectivity index (χ1) is 23.1. The topological polar surface area (TPSA) is 51.6 Å². The van der Waals surface area contributed by atoms with Crippen LogP contribution in [0.15, 0.2) is 158 Å². The molecule has 224 valence electrons. The van der Waals surface area contributed by atoms with E-state index in [4.69, 9.17) is 15.0 Å². The minimum Gasteiger partial charge on any atom is -0.264 e. The van der Waals surface area contributed by atoms with Gasteiger partial charge in [0.15, 0.2) is 17.5 Å². The predicted octanol–water partition coefficient (Wildman–Crippen LogP) is 8.90. The molecule has 0 N–H and O–H groups in total. The summed E-state index contributed by atoms with van der Waals surface area (Å²) in [6, 6.07) is 47.5. The molecule has 4 nitrogen and oxygen atoms in total. The molecule has 0 saturated carbocycles. The van der Waals surface area contributed by atoms with Gasteiger partial charge in [0.1, 0.15) is 0 Å². The number of benzene rings is 5. The zero-order chi connectivity index (χ0) is 32.0. The summed E-state index contributed by atoms with van der Waals surface area (Å²) in [5, 5.41) is 2.27. The highest BCUT2D eigenvalue weighted by atomic mass is 15.0. The average Bonchev–Trinajstić information content (AvgIpc) is 3.16. The first-order valence-electron chi connectivity index (χ1n) is 15.6. The molecule has 0 atom stereocenters. The average molecular weight is 605 g/mol. The van der Waals surface area contributed by atoms with E-state index >= 15 is 0 Å². The maximum Gasteiger partial charge on any atom is 0.164 e. The van der Waals surface area contributed by atoms with Crippen molar-refractivity contribution in [1.82, 2.24) is 19.9 Å². The second-order valence-corrected chi connectivity index (χ2v) is 11.2. The number of rotatable bonds is 7. The molecule has 0 radical (unpaired) electrons. The van der Waals surface area contributed by atoms with Crippen LogP contribution in [0.1, 0.15) is 12.5 Å². The third-order valence-corrected chi connectivity index (χ3v) is 8.09. The molecule has 0 fully saturated rings. The van der Waals surface area contributed by atoms with Crippen LogP contribution in [-0.4, -0.2) is 19.9 Å². The van der Waals surface area contributed by atoms with Crippen molar-refractivity contribution in [3.8, 4) is 56.4 Å². The Morgan fingerprint density at radius 3 is 1.62 bits per heavy atom. The zero-order valence-electron chi connectivity index (χ0n) is 26.1. The monoisotopic (exact) mass is 604 g/mol. The highest BCUT2D eigenvalue weighted by Gasteiger charge is 2.15. The number of allylic oxidation sites excluding steroid dienone is 1. The summed E-state index contributed by atoms with van der Waals surface area (Å²) in [4.78, 5) is 19.3. The van der Waals surface area contributed by atoms with Crippen molar-refractivity contribution in [2.45, 2.75) is 6.92 Å². The van der Waals surface area contributed by atoms with Crippen LogP contribution in [0.4, 0.5) is 0 Å². The summed E-state index contributed by atoms with van der Waals surface area (Å²) < 4.78 is 0. The molecule has 0 bridgehead atoms. The maximum absolute atomic E-state index is 5.04. The minimum absolute atomic E-state index is 0.597. The van der Waals surface area contributed by atoms with Crippen molar-refractivity contribution < 1.29 is 0 Å². The predicted molar refractivity (Wildman–Crippen MR) is 194 cm³/mol. The summed E-state index contributed by atoms with van der Waals surface area (Å²) in [6.45, 7) is 6.58. The molecule has 0 amide bonds. The van der Waals surface area contributed by atoms with Gasteiger partial charge in [0.2, 0.25) is 0 Å². The van der Waals surface area contributed by atoms with E-state index in [-0.39, 0.29) is 0 Å². The Morgan fingerprint density at radius 2 is 1.00 bits per heavy atom. The molecular weight excluding hydrogens is 573 g/mol. The van der Waals surface area contributed by atoms with E-state index in [0.29, 0.717) is 17.5 Å². The van der Waals surface area contributed by atoms with Crippen LogP contribution in [0.25, 0.3) is 74.1 Å². The minimum atomic E-state index is 0.597. The number of hydrogen-bond donors (Lipinski definition) is 0. The Balaban J connectivity index is 1.44. The molecule has 0 spiro atoms. The molecule has 0 aliphatic rings. The van der Waals surface area contributed by atoms with Gasteiger partial charge in [-0.25, -0.2) is 15.0 Å². The van der Waals surface area contributed by atoms with Crippen LogP contribution >= 0.6 is 0 Å². The van der Waals surface area contributed by atoms with Crippen LogP contribution in [0.3, 0.4) is 0 Å². The third kappa shape index (κ3) is 6.58. The Hall–Kier alpha value is -6.26. The lowest BCUT2D eigenvalue weighted by Crippen LogP contribution is -2.23. The van der Waals surface area contributed by atoms with Gasteiger partial charge in [-0.1, -0.05) is 122 Å². The van der Waals surface area contributed by atoms with Crippen molar-refractivity contribution in [2.24, 2.45) is 0 Å². The van der Waals surface area contributed by atoms with Gasteiger partial charge in [-0.15, -0.1) is 0 Å². The fourth-order valence-corrected chi connectivity index (χ4v) is 5.63. The van der Waals surface area contributed by atoms with Crippen LogP contribution in [-0.2, 0) is 0 Å². The molecule has 5 aromatic carbocycles. The van der Waals surface area contributed by atoms with E-state index in [1.807, 2.05) is 72.9 Å². The van der Waals surface area contributed by atoms with Gasteiger partial charge in [-0.3, -0.25) is 4.98 Å². The van der Waals surface area contributed by atoms with Gasteiger partial charge in [-0.05, 0) is 81.6 Å². The second kappa shape index (κ2) is 13.4. The lowest BCUT2D eigenvalue weighted by Gasteiger charge is -2.13. The molecule has 2 heterocycles. The smallest absolute Gasteiger partial charge is 0.164 e. The van der Waals surface area contributed by atoms with Crippen LogP contribution < -0.4 is 10.4 Å². The van der Waals surface area contributed by atoms with Crippen LogP contribution in [0.5, 0.6) is 0 Å². The van der Waals surface area contributed by atoms with Crippen molar-refractivity contribution in [3.63, 3.8) is 0 Å². The summed E-state index contributed by atoms with van der Waals surface area (Å²) in [5.41, 5.74) is 8.89. The molecule has 0 unspecified atom stereocenters. The lowest BCUT2D eigenvalue weighted by molar-refractivity contribution is 1.07. The van der Waals surface area contributed by atoms with E-state index in [1.165, 1.54) is 0 Å². The second-order valence-electron chi connectivity index (χ2n) is 11.2. The summed E-state index contributed by atoms with van der Waals surface area (Å²) in [5.74, 6) is 1.84. The zero-order valence-corrected chi connectivity index (χ0v) is 26.1. The van der Waals surface area contributed by atoms with E-state index in [0.717, 1.165) is 60.5 Å². The molecule has 2 aromatic heterocycles. The van der Waals surface area contributed by atoms with E-state index in [1.54, 1.807) is 6.20 Å². The van der Waals surface area contributed by atoms with Gasteiger partial charge in [0.25, 0.3) is 0 Å². The van der Waals surface area contributed by atoms with Gasteiger partial charge in [0.05, 0.1) is 0 Å². The van der Waals surface area contributed by atoms with Crippen LogP contribution in [0, 0.1) is 0 Å². The number of nitrogens with zero attached hydrogens (tertiary/aromatic N) is 4. The summed E-state index contributed by atoms with van der Waals surface area (Å²) >= 11 is 0. The normalized spacial score (nSPS) is 11.9. The molecule has 7 aromatic rings. The number of hydrogen-bond acceptors (Lipinski definition) is 4. The summed E-state index contributed by atoms with van der Waals surface area (Å²) in [6.07, 6.45) is 7.94. The highest BCUT2D eigenvalue weighted by Crippen LogP contribution is 2.33. The number of aromatic nitrogens is 4. The molecule has 4 heteroatoms. The largest absolute Gasteiger partial charge is 0.264 e. The quantitative estimate of drug-likeness (QED) is 0.182. The first-order valence-corrected chi connectivity index (χ1v) is 15.6. The fraction of sp³-hybridized carbons (Fsp3) is 0.0233. The maximum atomic E-state index is 5.04. The Morgan fingerprint density at radius 1 is 0.489 bits per heavy atom. The highest BCUT2D eigenvalue weighted by molar-refractivity contribution is 5.90. The molecular formula is C43H32N4. The first kappa shape index (κ1) is 29.5. The molecule has 0 aliphatic carbocycles. The van der Waals surface area contributed by atoms with E-state index in [9.17, 15) is 0 Å². The Labute approximate surface area is 274 Å². The SMILES string of the molecule is C=C(/C=c1/cccc/c1=C/C)c1cc(-c2cccc(-c3cccnc3)c2)cc(-c2nc(-c3ccccc3)nc(-c3ccccc3)n2)c1. The molecule has 0 saturated heterocycles. The van der Waals surface area contributed by atoms with E-state index < -0.39 is 0 Å². The van der Waals surface area contributed by atoms with Crippen molar-refractivity contribution >= 4 is 17.7 Å². The standard InChI is InChI=1S/C43H32N4/c1-3-31-14-10-11-19-34(31)24-30(2)38-26-39(36-21-12-20-35(25-36)37-22-13-23-44-29-37)28-40(27-38)43-46-41(32-15-6-4-7-16-32)45-42(47-43)33-17-8-5-9-18-33/h3-29H,2H2,1H3/b31-3-,34-24-. The third-order valence-electron chi connectivity index (χ3n) is 8.09. The molecule has 0 aliphatic heterocycles. The van der Waals surface area contributed by atoms with E-state index in [2.05, 4.69) is 103 Å². The van der Waals surface area contributed by atoms with Crippen LogP contribution in [0.2, 0.25) is 0 Å².